The maximum absolute atomic E-state index is 13.7. The van der Waals surface area contributed by atoms with Gasteiger partial charge in [0.05, 0.1) is 37.5 Å². The predicted molar refractivity (Wildman–Crippen MR) is 122 cm³/mol. The van der Waals surface area contributed by atoms with Crippen LogP contribution in [0.15, 0.2) is 72.3 Å². The fourth-order valence-corrected chi connectivity index (χ4v) is 3.98. The molecule has 1 fully saturated rings. The lowest BCUT2D eigenvalue weighted by molar-refractivity contribution is -0.132. The van der Waals surface area contributed by atoms with Gasteiger partial charge in [-0.1, -0.05) is 18.2 Å². The maximum Gasteiger partial charge on any atom is 0.300 e. The van der Waals surface area contributed by atoms with Crippen LogP contribution in [-0.4, -0.2) is 31.0 Å². The number of amides is 1. The number of benzene rings is 3. The molecule has 1 saturated heterocycles. The Hall–Kier alpha value is -4.64. The highest BCUT2D eigenvalue weighted by Gasteiger charge is 2.47. The van der Waals surface area contributed by atoms with Crippen LogP contribution in [-0.2, 0) is 9.59 Å². The van der Waals surface area contributed by atoms with Crippen LogP contribution in [0.1, 0.15) is 22.7 Å². The van der Waals surface area contributed by atoms with Gasteiger partial charge in [-0.15, -0.1) is 0 Å². The van der Waals surface area contributed by atoms with Crippen LogP contribution in [0.2, 0.25) is 0 Å². The zero-order valence-electron chi connectivity index (χ0n) is 18.3. The van der Waals surface area contributed by atoms with E-state index in [1.165, 1.54) is 67.7 Å². The number of halogens is 1. The minimum atomic E-state index is -1.07. The molecule has 34 heavy (non-hydrogen) atoms. The molecule has 170 valence electrons. The molecule has 3 aromatic carbocycles. The number of aliphatic hydroxyl groups is 1. The molecule has 1 N–H and O–H groups in total. The van der Waals surface area contributed by atoms with Crippen LogP contribution in [0.3, 0.4) is 0 Å². The molecule has 1 heterocycles. The topological polar surface area (TPSA) is 99.9 Å². The number of nitrogens with zero attached hydrogens (tertiary/aromatic N) is 2. The van der Waals surface area contributed by atoms with Gasteiger partial charge in [0.25, 0.3) is 11.7 Å². The summed E-state index contributed by atoms with van der Waals surface area (Å²) in [6.07, 6.45) is 0. The summed E-state index contributed by atoms with van der Waals surface area (Å²) in [6.45, 7) is 0. The van der Waals surface area contributed by atoms with E-state index in [0.29, 0.717) is 16.8 Å². The van der Waals surface area contributed by atoms with Crippen molar-refractivity contribution in [2.45, 2.75) is 6.04 Å². The molecule has 1 atom stereocenters. The molecule has 0 spiro atoms. The zero-order chi connectivity index (χ0) is 24.4. The highest BCUT2D eigenvalue weighted by atomic mass is 19.1. The van der Waals surface area contributed by atoms with E-state index in [4.69, 9.17) is 14.7 Å². The second-order valence-corrected chi connectivity index (χ2v) is 7.42. The minimum absolute atomic E-state index is 0.109. The zero-order valence-corrected chi connectivity index (χ0v) is 18.3. The molecule has 0 radical (unpaired) electrons. The molecule has 1 aliphatic rings. The Morgan fingerprint density at radius 2 is 1.56 bits per heavy atom. The standard InChI is InChI=1S/C26H19FN2O5/c1-33-19-4-3-5-20(34-2)21(19)24(30)22-23(16-8-10-17(27)11-9-16)29(26(32)25(22)31)18-12-6-15(14-28)7-13-18/h3-13,23,30H,1-2H3/b24-22+. The lowest BCUT2D eigenvalue weighted by atomic mass is 9.94. The van der Waals surface area contributed by atoms with Crippen molar-refractivity contribution in [2.75, 3.05) is 19.1 Å². The fraction of sp³-hybridized carbons (Fsp3) is 0.115. The average Bonchev–Trinajstić information content (AvgIpc) is 3.13. The number of carbonyl (C=O) groups excluding carboxylic acids is 2. The van der Waals surface area contributed by atoms with Gasteiger partial charge in [0.15, 0.2) is 0 Å². The van der Waals surface area contributed by atoms with Gasteiger partial charge < -0.3 is 14.6 Å². The Kier molecular flexibility index (Phi) is 6.02. The Morgan fingerprint density at radius 3 is 2.09 bits per heavy atom. The highest BCUT2D eigenvalue weighted by Crippen LogP contribution is 2.45. The minimum Gasteiger partial charge on any atom is -0.506 e. The molecule has 1 unspecified atom stereocenters. The first kappa shape index (κ1) is 22.6. The van der Waals surface area contributed by atoms with Crippen molar-refractivity contribution < 1.29 is 28.6 Å². The van der Waals surface area contributed by atoms with Crippen molar-refractivity contribution in [3.8, 4) is 17.6 Å². The number of ketones is 1. The first-order chi connectivity index (χ1) is 16.4. The van der Waals surface area contributed by atoms with Gasteiger partial charge in [-0.05, 0) is 54.1 Å². The highest BCUT2D eigenvalue weighted by molar-refractivity contribution is 6.51. The third-order valence-electron chi connectivity index (χ3n) is 5.57. The van der Waals surface area contributed by atoms with Crippen molar-refractivity contribution in [3.63, 3.8) is 0 Å². The molecule has 1 aliphatic heterocycles. The predicted octanol–water partition coefficient (Wildman–Crippen LogP) is 4.34. The third-order valence-corrected chi connectivity index (χ3v) is 5.57. The Balaban J connectivity index is 1.99. The molecule has 8 heteroatoms. The van der Waals surface area contributed by atoms with E-state index in [0.717, 1.165) is 0 Å². The molecule has 3 aromatic rings. The largest absolute Gasteiger partial charge is 0.506 e. The maximum atomic E-state index is 13.7. The number of methoxy groups -OCH3 is 2. The number of aliphatic hydroxyl groups excluding tert-OH is 1. The third kappa shape index (κ3) is 3.73. The van der Waals surface area contributed by atoms with Crippen LogP contribution in [0.5, 0.6) is 11.5 Å². The van der Waals surface area contributed by atoms with Gasteiger partial charge in [0, 0.05) is 5.69 Å². The average molecular weight is 458 g/mol. The van der Waals surface area contributed by atoms with E-state index in [-0.39, 0.29) is 22.6 Å². The van der Waals surface area contributed by atoms with Gasteiger partial charge >= 0.3 is 0 Å². The van der Waals surface area contributed by atoms with Crippen LogP contribution >= 0.6 is 0 Å². The molecule has 7 nitrogen and oxygen atoms in total. The Morgan fingerprint density at radius 1 is 0.971 bits per heavy atom. The number of nitriles is 1. The summed E-state index contributed by atoms with van der Waals surface area (Å²) in [4.78, 5) is 27.7. The summed E-state index contributed by atoms with van der Waals surface area (Å²) in [6, 6.07) is 17.1. The van der Waals surface area contributed by atoms with Gasteiger partial charge in [0.1, 0.15) is 28.6 Å². The second kappa shape index (κ2) is 9.08. The number of hydrogen-bond donors (Lipinski definition) is 1. The lowest BCUT2D eigenvalue weighted by Crippen LogP contribution is -2.29. The number of hydrogen-bond acceptors (Lipinski definition) is 6. The monoisotopic (exact) mass is 458 g/mol. The summed E-state index contributed by atoms with van der Waals surface area (Å²) < 4.78 is 24.4. The van der Waals surface area contributed by atoms with Gasteiger partial charge in [-0.25, -0.2) is 4.39 Å². The SMILES string of the molecule is COc1cccc(OC)c1/C(O)=C1\C(=O)C(=O)N(c2ccc(C#N)cc2)C1c1ccc(F)cc1. The number of Topliss-reactive ketones (excluding diaryl/α,β-unsaturated/α-hetero) is 1. The van der Waals surface area contributed by atoms with Gasteiger partial charge in [-0.3, -0.25) is 14.5 Å². The van der Waals surface area contributed by atoms with Crippen molar-refractivity contribution in [3.05, 3.63) is 94.8 Å². The van der Waals surface area contributed by atoms with Crippen LogP contribution < -0.4 is 14.4 Å². The smallest absolute Gasteiger partial charge is 0.300 e. The molecule has 1 amide bonds. The van der Waals surface area contributed by atoms with Crippen LogP contribution in [0.25, 0.3) is 5.76 Å². The summed E-state index contributed by atoms with van der Waals surface area (Å²) in [5, 5.41) is 20.5. The molecular weight excluding hydrogens is 439 g/mol. The van der Waals surface area contributed by atoms with Gasteiger partial charge in [0.2, 0.25) is 0 Å². The number of carbonyl (C=O) groups is 2. The molecule has 0 saturated carbocycles. The summed E-state index contributed by atoms with van der Waals surface area (Å²) in [7, 11) is 2.80. The van der Waals surface area contributed by atoms with Crippen LogP contribution in [0.4, 0.5) is 10.1 Å². The van der Waals surface area contributed by atoms with E-state index in [1.807, 2.05) is 6.07 Å². The van der Waals surface area contributed by atoms with Crippen molar-refractivity contribution >= 4 is 23.1 Å². The van der Waals surface area contributed by atoms with Gasteiger partial charge in [-0.2, -0.15) is 5.26 Å². The van der Waals surface area contributed by atoms with E-state index in [1.54, 1.807) is 18.2 Å². The number of rotatable bonds is 5. The van der Waals surface area contributed by atoms with Crippen LogP contribution in [0, 0.1) is 17.1 Å². The molecular formula is C26H19FN2O5. The molecule has 0 bridgehead atoms. The molecule has 0 aromatic heterocycles. The Bertz CT molecular complexity index is 1320. The lowest BCUT2D eigenvalue weighted by Gasteiger charge is -2.25. The number of anilines is 1. The number of ether oxygens (including phenoxy) is 2. The first-order valence-electron chi connectivity index (χ1n) is 10.2. The van der Waals surface area contributed by atoms with E-state index < -0.39 is 29.3 Å². The summed E-state index contributed by atoms with van der Waals surface area (Å²) >= 11 is 0. The van der Waals surface area contributed by atoms with Crippen molar-refractivity contribution in [1.29, 1.82) is 5.26 Å². The molecule has 0 aliphatic carbocycles. The second-order valence-electron chi connectivity index (χ2n) is 7.42. The summed E-state index contributed by atoms with van der Waals surface area (Å²) in [5.74, 6) is -2.32. The summed E-state index contributed by atoms with van der Waals surface area (Å²) in [5.41, 5.74) is 1.01. The van der Waals surface area contributed by atoms with E-state index in [2.05, 4.69) is 0 Å². The van der Waals surface area contributed by atoms with E-state index in [9.17, 15) is 19.1 Å². The quantitative estimate of drug-likeness (QED) is 0.347. The Labute approximate surface area is 194 Å². The normalized spacial score (nSPS) is 16.9. The van der Waals surface area contributed by atoms with E-state index >= 15 is 0 Å². The van der Waals surface area contributed by atoms with Crippen molar-refractivity contribution in [2.24, 2.45) is 0 Å². The van der Waals surface area contributed by atoms with Crippen molar-refractivity contribution in [1.82, 2.24) is 0 Å². The first-order valence-corrected chi connectivity index (χ1v) is 10.2. The fourth-order valence-electron chi connectivity index (χ4n) is 3.98. The molecule has 4 rings (SSSR count).